The van der Waals surface area contributed by atoms with Gasteiger partial charge in [0.05, 0.1) is 5.41 Å². The summed E-state index contributed by atoms with van der Waals surface area (Å²) in [5.74, 6) is 0.896. The number of nitrogens with zero attached hydrogens (tertiary/aromatic N) is 4. The van der Waals surface area contributed by atoms with E-state index in [0.717, 1.165) is 39.0 Å². The van der Waals surface area contributed by atoms with Crippen LogP contribution in [0.4, 0.5) is 0 Å². The number of carbonyl (C=O) groups is 1. The van der Waals surface area contributed by atoms with E-state index in [4.69, 9.17) is 0 Å². The lowest BCUT2D eigenvalue weighted by atomic mass is 9.78. The molecule has 0 aromatic rings. The average Bonchev–Trinajstić information content (AvgIpc) is 3.30. The standard InChI is InChI=1S/C17H30N4O3S/c1-18-9-11-20(12-10-18)25(23,24)21-8-6-17(14-21)5-2-7-19(16(17)22)13-15-3-4-15/h15H,2-14H2,1H3. The fourth-order valence-electron chi connectivity index (χ4n) is 4.53. The lowest BCUT2D eigenvalue weighted by Crippen LogP contribution is -2.54. The second-order valence-electron chi connectivity index (χ2n) is 8.37. The van der Waals surface area contributed by atoms with Gasteiger partial charge in [-0.2, -0.15) is 17.0 Å². The molecule has 8 heteroatoms. The average molecular weight is 371 g/mol. The second-order valence-corrected chi connectivity index (χ2v) is 10.3. The number of piperidine rings is 1. The lowest BCUT2D eigenvalue weighted by Gasteiger charge is -2.40. The van der Waals surface area contributed by atoms with E-state index < -0.39 is 15.6 Å². The van der Waals surface area contributed by atoms with Crippen LogP contribution < -0.4 is 0 Å². The Morgan fingerprint density at radius 2 is 1.72 bits per heavy atom. The first-order valence-electron chi connectivity index (χ1n) is 9.64. The van der Waals surface area contributed by atoms with Gasteiger partial charge in [-0.05, 0) is 45.1 Å². The van der Waals surface area contributed by atoms with Crippen LogP contribution in [0.2, 0.25) is 0 Å². The molecule has 1 atom stereocenters. The van der Waals surface area contributed by atoms with Crippen LogP contribution in [0, 0.1) is 11.3 Å². The summed E-state index contributed by atoms with van der Waals surface area (Å²) in [4.78, 5) is 17.3. The Kier molecular flexibility index (Phi) is 4.58. The fraction of sp³-hybridized carbons (Fsp3) is 0.941. The lowest BCUT2D eigenvalue weighted by molar-refractivity contribution is -0.145. The number of carbonyl (C=O) groups excluding carboxylic acids is 1. The van der Waals surface area contributed by atoms with Gasteiger partial charge >= 0.3 is 0 Å². The van der Waals surface area contributed by atoms with Crippen LogP contribution in [-0.4, -0.2) is 92.1 Å². The summed E-state index contributed by atoms with van der Waals surface area (Å²) in [5.41, 5.74) is -0.465. The van der Waals surface area contributed by atoms with E-state index in [1.165, 1.54) is 12.8 Å². The first-order valence-corrected chi connectivity index (χ1v) is 11.0. The van der Waals surface area contributed by atoms with Crippen molar-refractivity contribution in [2.45, 2.75) is 32.1 Å². The monoisotopic (exact) mass is 370 g/mol. The molecule has 1 aliphatic carbocycles. The minimum atomic E-state index is -3.44. The maximum absolute atomic E-state index is 13.1. The number of hydrogen-bond acceptors (Lipinski definition) is 4. The molecule has 7 nitrogen and oxygen atoms in total. The van der Waals surface area contributed by atoms with E-state index in [0.29, 0.717) is 38.5 Å². The summed E-state index contributed by atoms with van der Waals surface area (Å²) in [5, 5.41) is 0. The molecule has 1 amide bonds. The number of likely N-dealkylation sites (tertiary alicyclic amines) is 1. The third-order valence-electron chi connectivity index (χ3n) is 6.43. The van der Waals surface area contributed by atoms with Gasteiger partial charge in [-0.25, -0.2) is 0 Å². The molecule has 3 aliphatic heterocycles. The number of hydrogen-bond donors (Lipinski definition) is 0. The van der Waals surface area contributed by atoms with Crippen LogP contribution in [0.25, 0.3) is 0 Å². The second kappa shape index (κ2) is 6.48. The molecule has 0 N–H and O–H groups in total. The smallest absolute Gasteiger partial charge is 0.282 e. The molecule has 142 valence electrons. The fourth-order valence-corrected chi connectivity index (χ4v) is 6.21. The largest absolute Gasteiger partial charge is 0.342 e. The van der Waals surface area contributed by atoms with E-state index in [9.17, 15) is 13.2 Å². The van der Waals surface area contributed by atoms with Crippen molar-refractivity contribution < 1.29 is 13.2 Å². The van der Waals surface area contributed by atoms with Gasteiger partial charge in [0.25, 0.3) is 10.2 Å². The molecule has 25 heavy (non-hydrogen) atoms. The van der Waals surface area contributed by atoms with Gasteiger partial charge in [0.2, 0.25) is 5.91 Å². The van der Waals surface area contributed by atoms with Crippen molar-refractivity contribution in [2.24, 2.45) is 11.3 Å². The molecule has 1 spiro atoms. The summed E-state index contributed by atoms with van der Waals surface area (Å²) in [6, 6.07) is 0. The molecule has 4 fully saturated rings. The summed E-state index contributed by atoms with van der Waals surface area (Å²) in [6.07, 6.45) is 4.99. The van der Waals surface area contributed by atoms with Gasteiger partial charge < -0.3 is 9.80 Å². The zero-order chi connectivity index (χ0) is 17.7. The summed E-state index contributed by atoms with van der Waals surface area (Å²) < 4.78 is 29.2. The van der Waals surface area contributed by atoms with E-state index in [-0.39, 0.29) is 5.91 Å². The van der Waals surface area contributed by atoms with Crippen LogP contribution in [0.15, 0.2) is 0 Å². The maximum Gasteiger partial charge on any atom is 0.282 e. The van der Waals surface area contributed by atoms with Crippen molar-refractivity contribution in [3.8, 4) is 0 Å². The van der Waals surface area contributed by atoms with Gasteiger partial charge in [0.15, 0.2) is 0 Å². The van der Waals surface area contributed by atoms with Crippen molar-refractivity contribution in [1.82, 2.24) is 18.4 Å². The Morgan fingerprint density at radius 1 is 1.00 bits per heavy atom. The molecule has 3 saturated heterocycles. The van der Waals surface area contributed by atoms with Gasteiger partial charge in [-0.15, -0.1) is 0 Å². The first-order chi connectivity index (χ1) is 11.9. The zero-order valence-corrected chi connectivity index (χ0v) is 16.0. The maximum atomic E-state index is 13.1. The SMILES string of the molecule is CN1CCN(S(=O)(=O)N2CCC3(CCCN(CC4CC4)C3=O)C2)CC1. The highest BCUT2D eigenvalue weighted by Crippen LogP contribution is 2.42. The third kappa shape index (κ3) is 3.34. The Balaban J connectivity index is 1.45. The molecular formula is C17H30N4O3S. The number of likely N-dealkylation sites (N-methyl/N-ethyl adjacent to an activating group) is 1. The van der Waals surface area contributed by atoms with Crippen LogP contribution in [0.1, 0.15) is 32.1 Å². The highest BCUT2D eigenvalue weighted by atomic mass is 32.2. The minimum Gasteiger partial charge on any atom is -0.342 e. The minimum absolute atomic E-state index is 0.210. The Hall–Kier alpha value is -0.700. The van der Waals surface area contributed by atoms with Gasteiger partial charge in [-0.1, -0.05) is 0 Å². The Labute approximate surface area is 151 Å². The quantitative estimate of drug-likeness (QED) is 0.709. The molecule has 0 bridgehead atoms. The normalized spacial score (nSPS) is 33.5. The highest BCUT2D eigenvalue weighted by molar-refractivity contribution is 7.86. The Bertz CT molecular complexity index is 628. The van der Waals surface area contributed by atoms with E-state index in [1.54, 1.807) is 8.61 Å². The number of amides is 1. The molecule has 3 heterocycles. The van der Waals surface area contributed by atoms with Crippen molar-refractivity contribution in [2.75, 3.05) is 59.4 Å². The van der Waals surface area contributed by atoms with E-state index >= 15 is 0 Å². The number of rotatable bonds is 4. The summed E-state index contributed by atoms with van der Waals surface area (Å²) in [6.45, 7) is 5.22. The van der Waals surface area contributed by atoms with Gasteiger partial charge in [-0.3, -0.25) is 4.79 Å². The predicted octanol–water partition coefficient (Wildman–Crippen LogP) is 0.203. The Morgan fingerprint density at radius 3 is 2.40 bits per heavy atom. The van der Waals surface area contributed by atoms with E-state index in [2.05, 4.69) is 4.90 Å². The highest BCUT2D eigenvalue weighted by Gasteiger charge is 2.52. The molecule has 1 unspecified atom stereocenters. The van der Waals surface area contributed by atoms with Crippen molar-refractivity contribution in [3.63, 3.8) is 0 Å². The predicted molar refractivity (Wildman–Crippen MR) is 95.2 cm³/mol. The zero-order valence-electron chi connectivity index (χ0n) is 15.2. The van der Waals surface area contributed by atoms with Crippen molar-refractivity contribution >= 4 is 16.1 Å². The third-order valence-corrected chi connectivity index (χ3v) is 8.42. The van der Waals surface area contributed by atoms with Crippen LogP contribution in [-0.2, 0) is 15.0 Å². The first kappa shape index (κ1) is 17.7. The molecule has 4 aliphatic rings. The van der Waals surface area contributed by atoms with Crippen LogP contribution >= 0.6 is 0 Å². The molecule has 0 radical (unpaired) electrons. The summed E-state index contributed by atoms with van der Waals surface area (Å²) >= 11 is 0. The molecular weight excluding hydrogens is 340 g/mol. The van der Waals surface area contributed by atoms with E-state index in [1.807, 2.05) is 11.9 Å². The molecule has 0 aromatic carbocycles. The molecule has 0 aromatic heterocycles. The molecule has 1 saturated carbocycles. The summed E-state index contributed by atoms with van der Waals surface area (Å²) in [7, 11) is -1.43. The van der Waals surface area contributed by atoms with Crippen LogP contribution in [0.5, 0.6) is 0 Å². The number of piperazine rings is 1. The topological polar surface area (TPSA) is 64.2 Å². The van der Waals surface area contributed by atoms with Gasteiger partial charge in [0, 0.05) is 52.4 Å². The van der Waals surface area contributed by atoms with Crippen molar-refractivity contribution in [1.29, 1.82) is 0 Å². The molecule has 4 rings (SSSR count). The van der Waals surface area contributed by atoms with Crippen LogP contribution in [0.3, 0.4) is 0 Å². The van der Waals surface area contributed by atoms with Gasteiger partial charge in [0.1, 0.15) is 0 Å². The van der Waals surface area contributed by atoms with Crippen molar-refractivity contribution in [3.05, 3.63) is 0 Å².